The highest BCUT2D eigenvalue weighted by atomic mass is 79.9. The highest BCUT2D eigenvalue weighted by Crippen LogP contribution is 2.21. The normalized spacial score (nSPS) is 10.1. The number of amides is 2. The van der Waals surface area contributed by atoms with Crippen LogP contribution in [-0.2, 0) is 0 Å². The highest BCUT2D eigenvalue weighted by molar-refractivity contribution is 9.10. The Balaban J connectivity index is 2.27. The molecule has 0 unspecified atom stereocenters. The molecule has 102 valence electrons. The number of aromatic nitrogens is 1. The number of nitrogens with one attached hydrogen (secondary N) is 1. The molecular formula is C13H9BrClN3O2. The molecule has 0 spiro atoms. The van der Waals surface area contributed by atoms with Gasteiger partial charge in [0, 0.05) is 16.4 Å². The van der Waals surface area contributed by atoms with E-state index in [0.29, 0.717) is 10.2 Å². The molecule has 0 radical (unpaired) electrons. The number of carbonyl (C=O) groups excluding carboxylic acids is 2. The summed E-state index contributed by atoms with van der Waals surface area (Å²) in [5, 5.41) is 2.85. The number of hydrogen-bond acceptors (Lipinski definition) is 3. The van der Waals surface area contributed by atoms with Crippen LogP contribution in [-0.4, -0.2) is 16.8 Å². The Morgan fingerprint density at radius 2 is 2.05 bits per heavy atom. The van der Waals surface area contributed by atoms with Crippen LogP contribution in [0, 0.1) is 0 Å². The summed E-state index contributed by atoms with van der Waals surface area (Å²) in [4.78, 5) is 27.2. The smallest absolute Gasteiger partial charge is 0.275 e. The lowest BCUT2D eigenvalue weighted by Gasteiger charge is -2.08. The lowest BCUT2D eigenvalue weighted by molar-refractivity contribution is 0.0995. The van der Waals surface area contributed by atoms with Gasteiger partial charge in [0.2, 0.25) is 5.91 Å². The molecule has 3 N–H and O–H groups in total. The Labute approximate surface area is 128 Å². The first-order chi connectivity index (χ1) is 9.49. The maximum atomic E-state index is 12.0. The maximum Gasteiger partial charge on any atom is 0.275 e. The second-order valence-corrected chi connectivity index (χ2v) is 5.11. The van der Waals surface area contributed by atoms with Gasteiger partial charge in [0.1, 0.15) is 5.69 Å². The third-order valence-electron chi connectivity index (χ3n) is 2.46. The van der Waals surface area contributed by atoms with Crippen molar-refractivity contribution in [2.75, 3.05) is 5.32 Å². The minimum Gasteiger partial charge on any atom is -0.366 e. The SMILES string of the molecule is NC(=O)c1cc(NC(=O)c2ncccc2Br)ccc1Cl. The minimum atomic E-state index is -0.662. The van der Waals surface area contributed by atoms with Crippen LogP contribution in [0.2, 0.25) is 5.02 Å². The van der Waals surface area contributed by atoms with Crippen LogP contribution in [0.4, 0.5) is 5.69 Å². The minimum absolute atomic E-state index is 0.143. The summed E-state index contributed by atoms with van der Waals surface area (Å²) in [6, 6.07) is 7.89. The summed E-state index contributed by atoms with van der Waals surface area (Å²) in [6.45, 7) is 0. The standard InChI is InChI=1S/C13H9BrClN3O2/c14-9-2-1-5-17-11(9)13(20)18-7-3-4-10(15)8(6-7)12(16)19/h1-6H,(H2,16,19)(H,18,20). The fourth-order valence-corrected chi connectivity index (χ4v) is 2.18. The van der Waals surface area contributed by atoms with Gasteiger partial charge in [0.15, 0.2) is 0 Å². The van der Waals surface area contributed by atoms with Crippen molar-refractivity contribution in [1.82, 2.24) is 4.98 Å². The average Bonchev–Trinajstić information content (AvgIpc) is 2.41. The zero-order chi connectivity index (χ0) is 14.7. The fourth-order valence-electron chi connectivity index (χ4n) is 1.53. The predicted octanol–water partition coefficient (Wildman–Crippen LogP) is 2.85. The molecule has 0 saturated carbocycles. The lowest BCUT2D eigenvalue weighted by atomic mass is 10.2. The number of primary amides is 1. The van der Waals surface area contributed by atoms with E-state index in [1.54, 1.807) is 18.2 Å². The van der Waals surface area contributed by atoms with Crippen molar-refractivity contribution in [3.05, 3.63) is 57.3 Å². The van der Waals surface area contributed by atoms with E-state index in [1.165, 1.54) is 18.3 Å². The van der Waals surface area contributed by atoms with E-state index in [9.17, 15) is 9.59 Å². The zero-order valence-electron chi connectivity index (χ0n) is 10.1. The number of anilines is 1. The van der Waals surface area contributed by atoms with Crippen molar-refractivity contribution in [3.63, 3.8) is 0 Å². The van der Waals surface area contributed by atoms with Crippen LogP contribution in [0.15, 0.2) is 41.0 Å². The molecule has 0 aliphatic heterocycles. The molecule has 1 aromatic carbocycles. The van der Waals surface area contributed by atoms with Crippen LogP contribution in [0.25, 0.3) is 0 Å². The fraction of sp³-hybridized carbons (Fsp3) is 0. The maximum absolute atomic E-state index is 12.0. The molecule has 1 aromatic heterocycles. The number of rotatable bonds is 3. The summed E-state index contributed by atoms with van der Waals surface area (Å²) >= 11 is 9.08. The predicted molar refractivity (Wildman–Crippen MR) is 79.9 cm³/mol. The van der Waals surface area contributed by atoms with E-state index in [-0.39, 0.29) is 16.3 Å². The summed E-state index contributed by atoms with van der Waals surface area (Å²) < 4.78 is 0.571. The second kappa shape index (κ2) is 6.02. The topological polar surface area (TPSA) is 85.1 Å². The summed E-state index contributed by atoms with van der Waals surface area (Å²) in [7, 11) is 0. The van der Waals surface area contributed by atoms with Crippen molar-refractivity contribution in [1.29, 1.82) is 0 Å². The van der Waals surface area contributed by atoms with Crippen LogP contribution >= 0.6 is 27.5 Å². The van der Waals surface area contributed by atoms with Gasteiger partial charge in [0.25, 0.3) is 5.91 Å². The number of benzene rings is 1. The first kappa shape index (κ1) is 14.5. The largest absolute Gasteiger partial charge is 0.366 e. The van der Waals surface area contributed by atoms with Gasteiger partial charge in [-0.2, -0.15) is 0 Å². The van der Waals surface area contributed by atoms with E-state index in [4.69, 9.17) is 17.3 Å². The lowest BCUT2D eigenvalue weighted by Crippen LogP contribution is -2.16. The molecule has 5 nitrogen and oxygen atoms in total. The first-order valence-corrected chi connectivity index (χ1v) is 6.67. The Morgan fingerprint density at radius 1 is 1.30 bits per heavy atom. The number of carbonyl (C=O) groups is 2. The van der Waals surface area contributed by atoms with Crippen molar-refractivity contribution in [3.8, 4) is 0 Å². The van der Waals surface area contributed by atoms with Gasteiger partial charge in [-0.1, -0.05) is 11.6 Å². The summed E-state index contributed by atoms with van der Waals surface area (Å²) in [5.74, 6) is -1.07. The van der Waals surface area contributed by atoms with E-state index in [1.807, 2.05) is 0 Å². The monoisotopic (exact) mass is 353 g/mol. The van der Waals surface area contributed by atoms with Gasteiger partial charge in [-0.25, -0.2) is 4.98 Å². The number of pyridine rings is 1. The molecule has 1 heterocycles. The van der Waals surface area contributed by atoms with Gasteiger partial charge in [-0.15, -0.1) is 0 Å². The van der Waals surface area contributed by atoms with E-state index in [0.717, 1.165) is 0 Å². The Bertz CT molecular complexity index is 691. The third-order valence-corrected chi connectivity index (χ3v) is 3.43. The molecule has 2 amide bonds. The Morgan fingerprint density at radius 3 is 2.70 bits per heavy atom. The van der Waals surface area contributed by atoms with Crippen molar-refractivity contribution >= 4 is 45.0 Å². The number of hydrogen-bond donors (Lipinski definition) is 2. The van der Waals surface area contributed by atoms with Gasteiger partial charge in [-0.05, 0) is 46.3 Å². The van der Waals surface area contributed by atoms with Crippen LogP contribution in [0.1, 0.15) is 20.8 Å². The molecule has 0 saturated heterocycles. The van der Waals surface area contributed by atoms with Gasteiger partial charge < -0.3 is 11.1 Å². The van der Waals surface area contributed by atoms with Crippen molar-refractivity contribution in [2.24, 2.45) is 5.73 Å². The van der Waals surface area contributed by atoms with Gasteiger partial charge in [0.05, 0.1) is 10.6 Å². The van der Waals surface area contributed by atoms with E-state index < -0.39 is 11.8 Å². The third kappa shape index (κ3) is 3.15. The molecule has 0 aliphatic rings. The first-order valence-electron chi connectivity index (χ1n) is 5.50. The van der Waals surface area contributed by atoms with Crippen molar-refractivity contribution in [2.45, 2.75) is 0 Å². The Hall–Kier alpha value is -1.92. The van der Waals surface area contributed by atoms with Gasteiger partial charge >= 0.3 is 0 Å². The summed E-state index contributed by atoms with van der Waals surface area (Å²) in [6.07, 6.45) is 1.51. The van der Waals surface area contributed by atoms with Gasteiger partial charge in [-0.3, -0.25) is 9.59 Å². The van der Waals surface area contributed by atoms with Crippen molar-refractivity contribution < 1.29 is 9.59 Å². The molecule has 0 fully saturated rings. The highest BCUT2D eigenvalue weighted by Gasteiger charge is 2.13. The van der Waals surface area contributed by atoms with Crippen LogP contribution < -0.4 is 11.1 Å². The summed E-state index contributed by atoms with van der Waals surface area (Å²) in [5.41, 5.74) is 5.98. The number of nitrogens with two attached hydrogens (primary N) is 1. The number of halogens is 2. The zero-order valence-corrected chi connectivity index (χ0v) is 12.4. The van der Waals surface area contributed by atoms with E-state index in [2.05, 4.69) is 26.2 Å². The average molecular weight is 355 g/mol. The molecule has 0 atom stereocenters. The van der Waals surface area contributed by atoms with Crippen LogP contribution in [0.5, 0.6) is 0 Å². The van der Waals surface area contributed by atoms with Crippen LogP contribution in [0.3, 0.4) is 0 Å². The molecule has 7 heteroatoms. The van der Waals surface area contributed by atoms with E-state index >= 15 is 0 Å². The molecule has 0 bridgehead atoms. The Kier molecular flexibility index (Phi) is 4.36. The molecular weight excluding hydrogens is 346 g/mol. The molecule has 20 heavy (non-hydrogen) atoms. The second-order valence-electron chi connectivity index (χ2n) is 3.85. The quantitative estimate of drug-likeness (QED) is 0.889. The molecule has 2 rings (SSSR count). The number of nitrogens with zero attached hydrogens (tertiary/aromatic N) is 1. The molecule has 0 aliphatic carbocycles. The molecule has 2 aromatic rings.